The standard InChI is InChI=1S/C36H42F3N3O4/c1-3-5-6-7-8-9-10-11-12-17-32-40-33(46-41-32)31-23-20-27(29-15-13-14-16-30(29)31)25-42(34(43)35(44)45-4-2)24-26-18-21-28(22-19-26)36(37,38)39/h13-16,18-23H,3-12,17,24-25H2,1-2H3. The molecule has 0 bridgehead atoms. The Balaban J connectivity index is 1.48. The molecule has 7 nitrogen and oxygen atoms in total. The van der Waals surface area contributed by atoms with Gasteiger partial charge in [-0.1, -0.05) is 106 Å². The highest BCUT2D eigenvalue weighted by Gasteiger charge is 2.30. The predicted molar refractivity (Wildman–Crippen MR) is 171 cm³/mol. The molecule has 0 N–H and O–H groups in total. The van der Waals surface area contributed by atoms with Crippen LogP contribution in [0.4, 0.5) is 13.2 Å². The number of alkyl halides is 3. The van der Waals surface area contributed by atoms with E-state index in [2.05, 4.69) is 17.1 Å². The van der Waals surface area contributed by atoms with Crippen LogP contribution in [0, 0.1) is 0 Å². The van der Waals surface area contributed by atoms with E-state index in [0.717, 1.165) is 53.3 Å². The molecule has 4 rings (SSSR count). The van der Waals surface area contributed by atoms with E-state index in [4.69, 9.17) is 9.26 Å². The molecule has 0 atom stereocenters. The molecule has 0 spiro atoms. The van der Waals surface area contributed by atoms with Gasteiger partial charge in [0, 0.05) is 25.1 Å². The first-order valence-corrected chi connectivity index (χ1v) is 16.2. The van der Waals surface area contributed by atoms with E-state index >= 15 is 0 Å². The number of ether oxygens (including phenoxy) is 1. The molecular formula is C36H42F3N3O4. The Bertz CT molecular complexity index is 1570. The van der Waals surface area contributed by atoms with Crippen molar-refractivity contribution in [1.82, 2.24) is 15.0 Å². The second kappa shape index (κ2) is 16.9. The summed E-state index contributed by atoms with van der Waals surface area (Å²) in [4.78, 5) is 31.5. The summed E-state index contributed by atoms with van der Waals surface area (Å²) in [5, 5.41) is 5.85. The Morgan fingerprint density at radius 1 is 0.804 bits per heavy atom. The number of nitrogens with zero attached hydrogens (tertiary/aromatic N) is 3. The molecule has 0 aliphatic heterocycles. The summed E-state index contributed by atoms with van der Waals surface area (Å²) < 4.78 is 49.9. The second-order valence-corrected chi connectivity index (χ2v) is 11.5. The van der Waals surface area contributed by atoms with Crippen molar-refractivity contribution in [2.75, 3.05) is 6.61 Å². The van der Waals surface area contributed by atoms with Crippen LogP contribution in [0.2, 0.25) is 0 Å². The summed E-state index contributed by atoms with van der Waals surface area (Å²) in [6.45, 7) is 3.77. The molecule has 1 amide bonds. The third kappa shape index (κ3) is 9.64. The maximum atomic E-state index is 13.1. The Morgan fingerprint density at radius 2 is 1.46 bits per heavy atom. The predicted octanol–water partition coefficient (Wildman–Crippen LogP) is 9.07. The van der Waals surface area contributed by atoms with Crippen LogP contribution in [-0.2, 0) is 40.0 Å². The average molecular weight is 638 g/mol. The SMILES string of the molecule is CCCCCCCCCCCc1noc(-c2ccc(CN(Cc3ccc(C(F)(F)F)cc3)C(=O)C(=O)OCC)c3ccccc23)n1. The van der Waals surface area contributed by atoms with Gasteiger partial charge < -0.3 is 14.2 Å². The van der Waals surface area contributed by atoms with Gasteiger partial charge in [-0.25, -0.2) is 4.79 Å². The number of carbonyl (C=O) groups is 2. The average Bonchev–Trinajstić information content (AvgIpc) is 3.52. The van der Waals surface area contributed by atoms with Gasteiger partial charge in [0.25, 0.3) is 5.89 Å². The number of fused-ring (bicyclic) bond motifs is 1. The highest BCUT2D eigenvalue weighted by atomic mass is 19.4. The number of aryl methyl sites for hydroxylation is 1. The van der Waals surface area contributed by atoms with Crippen molar-refractivity contribution < 1.29 is 32.0 Å². The van der Waals surface area contributed by atoms with Crippen LogP contribution in [0.1, 0.15) is 94.1 Å². The number of amides is 1. The third-order valence-electron chi connectivity index (χ3n) is 7.97. The van der Waals surface area contributed by atoms with Crippen LogP contribution in [-0.4, -0.2) is 33.5 Å². The number of unbranched alkanes of at least 4 members (excludes halogenated alkanes) is 8. The third-order valence-corrected chi connectivity index (χ3v) is 7.97. The summed E-state index contributed by atoms with van der Waals surface area (Å²) in [6.07, 6.45) is 7.35. The van der Waals surface area contributed by atoms with Crippen molar-refractivity contribution in [2.24, 2.45) is 0 Å². The van der Waals surface area contributed by atoms with Crippen molar-refractivity contribution in [3.63, 3.8) is 0 Å². The zero-order chi connectivity index (χ0) is 32.9. The molecule has 46 heavy (non-hydrogen) atoms. The Labute approximate surface area is 268 Å². The zero-order valence-corrected chi connectivity index (χ0v) is 26.6. The van der Waals surface area contributed by atoms with Crippen molar-refractivity contribution in [3.05, 3.63) is 83.2 Å². The quantitative estimate of drug-likeness (QED) is 0.0692. The van der Waals surface area contributed by atoms with Gasteiger partial charge in [-0.2, -0.15) is 18.2 Å². The number of hydrogen-bond donors (Lipinski definition) is 0. The van der Waals surface area contributed by atoms with Gasteiger partial charge in [-0.15, -0.1) is 0 Å². The van der Waals surface area contributed by atoms with Gasteiger partial charge in [0.2, 0.25) is 0 Å². The number of benzene rings is 3. The minimum atomic E-state index is -4.48. The van der Waals surface area contributed by atoms with Crippen molar-refractivity contribution >= 4 is 22.6 Å². The number of halogens is 3. The minimum Gasteiger partial charge on any atom is -0.459 e. The summed E-state index contributed by atoms with van der Waals surface area (Å²) in [5.41, 5.74) is 1.13. The van der Waals surface area contributed by atoms with E-state index in [0.29, 0.717) is 17.3 Å². The van der Waals surface area contributed by atoms with Crippen LogP contribution in [0.5, 0.6) is 0 Å². The zero-order valence-electron chi connectivity index (χ0n) is 26.6. The molecular weight excluding hydrogens is 595 g/mol. The maximum absolute atomic E-state index is 13.1. The highest BCUT2D eigenvalue weighted by Crippen LogP contribution is 2.32. The fourth-order valence-electron chi connectivity index (χ4n) is 5.49. The fraction of sp³-hybridized carbons (Fsp3) is 0.444. The number of esters is 1. The lowest BCUT2D eigenvalue weighted by Gasteiger charge is -2.23. The first kappa shape index (κ1) is 34.7. The van der Waals surface area contributed by atoms with Crippen LogP contribution in [0.25, 0.3) is 22.2 Å². The van der Waals surface area contributed by atoms with Crippen LogP contribution >= 0.6 is 0 Å². The van der Waals surface area contributed by atoms with Gasteiger partial charge in [-0.05, 0) is 53.4 Å². The summed E-state index contributed by atoms with van der Waals surface area (Å²) in [6, 6.07) is 15.8. The number of carbonyl (C=O) groups excluding carboxylic acids is 2. The Morgan fingerprint density at radius 3 is 2.11 bits per heavy atom. The van der Waals surface area contributed by atoms with E-state index in [9.17, 15) is 22.8 Å². The summed E-state index contributed by atoms with van der Waals surface area (Å²) in [7, 11) is 0. The molecule has 0 fully saturated rings. The number of hydrogen-bond acceptors (Lipinski definition) is 6. The summed E-state index contributed by atoms with van der Waals surface area (Å²) >= 11 is 0. The molecule has 1 heterocycles. The van der Waals surface area contributed by atoms with Gasteiger partial charge in [0.05, 0.1) is 12.2 Å². The maximum Gasteiger partial charge on any atom is 0.416 e. The molecule has 3 aromatic carbocycles. The Kier molecular flexibility index (Phi) is 12.7. The topological polar surface area (TPSA) is 85.5 Å². The van der Waals surface area contributed by atoms with Crippen LogP contribution in [0.15, 0.2) is 65.2 Å². The normalized spacial score (nSPS) is 11.6. The Hall–Kier alpha value is -4.21. The second-order valence-electron chi connectivity index (χ2n) is 11.5. The molecule has 0 aliphatic carbocycles. The van der Waals surface area contributed by atoms with Crippen molar-refractivity contribution in [3.8, 4) is 11.5 Å². The molecule has 4 aromatic rings. The number of rotatable bonds is 16. The lowest BCUT2D eigenvalue weighted by Crippen LogP contribution is -2.36. The lowest BCUT2D eigenvalue weighted by molar-refractivity contribution is -0.160. The van der Waals surface area contributed by atoms with Crippen LogP contribution in [0.3, 0.4) is 0 Å². The minimum absolute atomic E-state index is 0.0155. The number of aromatic nitrogens is 2. The van der Waals surface area contributed by atoms with Crippen LogP contribution < -0.4 is 0 Å². The molecule has 1 aromatic heterocycles. The molecule has 0 radical (unpaired) electrons. The van der Waals surface area contributed by atoms with Crippen molar-refractivity contribution in [1.29, 1.82) is 0 Å². The molecule has 0 saturated carbocycles. The van der Waals surface area contributed by atoms with Gasteiger partial charge in [0.1, 0.15) is 0 Å². The van der Waals surface area contributed by atoms with Gasteiger partial charge >= 0.3 is 18.1 Å². The largest absolute Gasteiger partial charge is 0.459 e. The first-order valence-electron chi connectivity index (χ1n) is 16.2. The molecule has 0 aliphatic rings. The first-order chi connectivity index (χ1) is 22.2. The fourth-order valence-corrected chi connectivity index (χ4v) is 5.49. The molecule has 0 saturated heterocycles. The van der Waals surface area contributed by atoms with E-state index in [1.54, 1.807) is 6.92 Å². The van der Waals surface area contributed by atoms with Gasteiger partial charge in [0.15, 0.2) is 5.82 Å². The summed E-state index contributed by atoms with van der Waals surface area (Å²) in [5.74, 6) is -0.847. The smallest absolute Gasteiger partial charge is 0.416 e. The van der Waals surface area contributed by atoms with Crippen molar-refractivity contribution in [2.45, 2.75) is 97.3 Å². The van der Waals surface area contributed by atoms with E-state index in [-0.39, 0.29) is 19.7 Å². The molecule has 246 valence electrons. The van der Waals surface area contributed by atoms with Gasteiger partial charge in [-0.3, -0.25) is 4.79 Å². The molecule has 0 unspecified atom stereocenters. The monoisotopic (exact) mass is 637 g/mol. The van der Waals surface area contributed by atoms with E-state index in [1.807, 2.05) is 36.4 Å². The lowest BCUT2D eigenvalue weighted by atomic mass is 9.98. The highest BCUT2D eigenvalue weighted by molar-refractivity contribution is 6.32. The molecule has 10 heteroatoms. The van der Waals surface area contributed by atoms with E-state index < -0.39 is 23.6 Å². The van der Waals surface area contributed by atoms with E-state index in [1.165, 1.54) is 62.0 Å².